The fourth-order valence-corrected chi connectivity index (χ4v) is 0.441. The molecule has 0 aromatic carbocycles. The molecule has 0 saturated carbocycles. The van der Waals surface area contributed by atoms with Crippen molar-refractivity contribution >= 4 is 0 Å². The van der Waals surface area contributed by atoms with E-state index in [4.69, 9.17) is 4.84 Å². The summed E-state index contributed by atoms with van der Waals surface area (Å²) in [6.45, 7) is 5.93. The molecule has 0 aromatic rings. The lowest BCUT2D eigenvalue weighted by atomic mass is 10.7. The van der Waals surface area contributed by atoms with Gasteiger partial charge in [-0.3, -0.25) is 0 Å². The Morgan fingerprint density at radius 3 is 1.88 bits per heavy atom. The Morgan fingerprint density at radius 1 is 1.25 bits per heavy atom. The van der Waals surface area contributed by atoms with Gasteiger partial charge in [-0.15, -0.1) is 0 Å². The van der Waals surface area contributed by atoms with Gasteiger partial charge in [-0.25, -0.2) is 4.84 Å². The third-order valence-electron chi connectivity index (χ3n) is 1.24. The second-order valence-corrected chi connectivity index (χ2v) is 2.31. The molecule has 0 aliphatic carbocycles. The second-order valence-electron chi connectivity index (χ2n) is 2.31. The number of nitrogens with zero attached hydrogens (tertiary/aromatic N) is 1. The average Bonchev–Trinajstić information content (AvgIpc) is 1.67. The standard InChI is InChI=1S/C6H16NO/c1-5-7(3,4)8-6-2/h5-6H2,1-4H3/q+1. The van der Waals surface area contributed by atoms with E-state index in [1.165, 1.54) is 0 Å². The van der Waals surface area contributed by atoms with Gasteiger partial charge in [-0.2, -0.15) is 4.65 Å². The first kappa shape index (κ1) is 7.92. The predicted octanol–water partition coefficient (Wildman–Crippen LogP) is 1.03. The highest BCUT2D eigenvalue weighted by Gasteiger charge is 2.10. The van der Waals surface area contributed by atoms with Gasteiger partial charge in [0.05, 0.1) is 14.1 Å². The van der Waals surface area contributed by atoms with Gasteiger partial charge in [0.1, 0.15) is 13.2 Å². The molecule has 0 aliphatic rings. The van der Waals surface area contributed by atoms with Gasteiger partial charge in [0.2, 0.25) is 0 Å². The molecule has 0 fully saturated rings. The Kier molecular flexibility index (Phi) is 3.02. The van der Waals surface area contributed by atoms with E-state index < -0.39 is 0 Å². The van der Waals surface area contributed by atoms with Crippen molar-refractivity contribution in [2.75, 3.05) is 27.2 Å². The van der Waals surface area contributed by atoms with Gasteiger partial charge in [0.25, 0.3) is 0 Å². The summed E-state index contributed by atoms with van der Waals surface area (Å²) in [5.41, 5.74) is 0. The van der Waals surface area contributed by atoms with Crippen LogP contribution < -0.4 is 0 Å². The highest BCUT2D eigenvalue weighted by atomic mass is 16.7. The smallest absolute Gasteiger partial charge is 0.106 e. The highest BCUT2D eigenvalue weighted by Crippen LogP contribution is 1.95. The molecule has 0 bridgehead atoms. The maximum absolute atomic E-state index is 5.32. The van der Waals surface area contributed by atoms with Crippen molar-refractivity contribution in [1.29, 1.82) is 0 Å². The summed E-state index contributed by atoms with van der Waals surface area (Å²) < 4.78 is 0.663. The van der Waals surface area contributed by atoms with E-state index in [1.807, 2.05) is 21.0 Å². The molecule has 8 heavy (non-hydrogen) atoms. The first-order valence-electron chi connectivity index (χ1n) is 3.10. The monoisotopic (exact) mass is 118 g/mol. The van der Waals surface area contributed by atoms with Crippen LogP contribution in [0.3, 0.4) is 0 Å². The molecular weight excluding hydrogens is 102 g/mol. The molecule has 2 nitrogen and oxygen atoms in total. The van der Waals surface area contributed by atoms with Crippen LogP contribution in [0.2, 0.25) is 0 Å². The molecule has 0 amide bonds. The van der Waals surface area contributed by atoms with Gasteiger partial charge in [-0.1, -0.05) is 0 Å². The zero-order valence-electron chi connectivity index (χ0n) is 6.27. The summed E-state index contributed by atoms with van der Waals surface area (Å²) in [6, 6.07) is 0. The summed E-state index contributed by atoms with van der Waals surface area (Å²) >= 11 is 0. The normalized spacial score (nSPS) is 12.0. The lowest BCUT2D eigenvalue weighted by Gasteiger charge is -2.23. The summed E-state index contributed by atoms with van der Waals surface area (Å²) in [5, 5.41) is 0. The van der Waals surface area contributed by atoms with Crippen LogP contribution in [0.4, 0.5) is 0 Å². The molecule has 0 saturated heterocycles. The molecule has 0 spiro atoms. The van der Waals surface area contributed by atoms with Crippen molar-refractivity contribution in [2.24, 2.45) is 0 Å². The first-order chi connectivity index (χ1) is 3.62. The van der Waals surface area contributed by atoms with E-state index in [0.717, 1.165) is 13.2 Å². The molecule has 0 heterocycles. The number of hydrogen-bond acceptors (Lipinski definition) is 1. The lowest BCUT2D eigenvalue weighted by Crippen LogP contribution is -2.38. The minimum atomic E-state index is 0.663. The van der Waals surface area contributed by atoms with Crippen LogP contribution in [0, 0.1) is 0 Å². The second kappa shape index (κ2) is 3.05. The van der Waals surface area contributed by atoms with Crippen molar-refractivity contribution in [3.63, 3.8) is 0 Å². The van der Waals surface area contributed by atoms with Gasteiger partial charge >= 0.3 is 0 Å². The van der Waals surface area contributed by atoms with Gasteiger partial charge in [0, 0.05) is 0 Å². The third kappa shape index (κ3) is 2.99. The zero-order valence-corrected chi connectivity index (χ0v) is 6.27. The molecule has 0 N–H and O–H groups in total. The van der Waals surface area contributed by atoms with Crippen molar-refractivity contribution < 1.29 is 9.48 Å². The molecule has 0 aromatic heterocycles. The van der Waals surface area contributed by atoms with Crippen molar-refractivity contribution in [3.8, 4) is 0 Å². The highest BCUT2D eigenvalue weighted by molar-refractivity contribution is 4.05. The maximum Gasteiger partial charge on any atom is 0.106 e. The Labute approximate surface area is 51.6 Å². The summed E-state index contributed by atoms with van der Waals surface area (Å²) in [7, 11) is 4.09. The van der Waals surface area contributed by atoms with E-state index in [2.05, 4.69) is 6.92 Å². The first-order valence-corrected chi connectivity index (χ1v) is 3.10. The van der Waals surface area contributed by atoms with E-state index in [9.17, 15) is 0 Å². The quantitative estimate of drug-likeness (QED) is 0.397. The molecule has 2 heteroatoms. The molecular formula is C6H16NO+. The summed E-state index contributed by atoms with van der Waals surface area (Å²) in [4.78, 5) is 5.32. The fraction of sp³-hybridized carbons (Fsp3) is 1.00. The van der Waals surface area contributed by atoms with Crippen LogP contribution in [-0.4, -0.2) is 31.9 Å². The lowest BCUT2D eigenvalue weighted by molar-refractivity contribution is -1.07. The minimum Gasteiger partial charge on any atom is -0.204 e. The van der Waals surface area contributed by atoms with Crippen LogP contribution >= 0.6 is 0 Å². The van der Waals surface area contributed by atoms with Crippen LogP contribution in [0.1, 0.15) is 13.8 Å². The fourth-order valence-electron chi connectivity index (χ4n) is 0.441. The van der Waals surface area contributed by atoms with E-state index in [-0.39, 0.29) is 0 Å². The van der Waals surface area contributed by atoms with Crippen LogP contribution in [-0.2, 0) is 4.84 Å². The summed E-state index contributed by atoms with van der Waals surface area (Å²) in [5.74, 6) is 0. The molecule has 0 aliphatic heterocycles. The average molecular weight is 118 g/mol. The molecule has 50 valence electrons. The summed E-state index contributed by atoms with van der Waals surface area (Å²) in [6.07, 6.45) is 0. The number of hydroxylamine groups is 3. The van der Waals surface area contributed by atoms with E-state index in [1.54, 1.807) is 0 Å². The third-order valence-corrected chi connectivity index (χ3v) is 1.24. The Hall–Kier alpha value is -0.0800. The van der Waals surface area contributed by atoms with Crippen molar-refractivity contribution in [3.05, 3.63) is 0 Å². The van der Waals surface area contributed by atoms with Gasteiger partial charge in [0.15, 0.2) is 0 Å². The SMILES string of the molecule is CCO[N+](C)(C)CC. The molecule has 0 rings (SSSR count). The predicted molar refractivity (Wildman–Crippen MR) is 34.3 cm³/mol. The van der Waals surface area contributed by atoms with Gasteiger partial charge in [-0.05, 0) is 13.8 Å². The van der Waals surface area contributed by atoms with E-state index >= 15 is 0 Å². The van der Waals surface area contributed by atoms with E-state index in [0.29, 0.717) is 4.65 Å². The topological polar surface area (TPSA) is 9.23 Å². The number of rotatable bonds is 3. The Balaban J connectivity index is 3.37. The Bertz CT molecular complexity index is 61.5. The van der Waals surface area contributed by atoms with Crippen LogP contribution in [0.5, 0.6) is 0 Å². The van der Waals surface area contributed by atoms with Crippen molar-refractivity contribution in [2.45, 2.75) is 13.8 Å². The van der Waals surface area contributed by atoms with Crippen LogP contribution in [0.25, 0.3) is 0 Å². The van der Waals surface area contributed by atoms with Crippen molar-refractivity contribution in [1.82, 2.24) is 0 Å². The zero-order chi connectivity index (χ0) is 6.62. The minimum absolute atomic E-state index is 0.663. The van der Waals surface area contributed by atoms with Crippen LogP contribution in [0.15, 0.2) is 0 Å². The van der Waals surface area contributed by atoms with Gasteiger partial charge < -0.3 is 0 Å². The maximum atomic E-state index is 5.32. The number of hydrogen-bond donors (Lipinski definition) is 0. The molecule has 0 radical (unpaired) electrons. The molecule has 0 unspecified atom stereocenters. The Morgan fingerprint density at radius 2 is 1.75 bits per heavy atom. The molecule has 0 atom stereocenters. The number of quaternary nitrogens is 1. The largest absolute Gasteiger partial charge is 0.204 e.